The second kappa shape index (κ2) is 5.15. The predicted molar refractivity (Wildman–Crippen MR) is 73.0 cm³/mol. The molecule has 9 heteroatoms. The Balaban J connectivity index is 2.08. The number of ether oxygens (including phenoxy) is 1. The topological polar surface area (TPSA) is 116 Å². The molecule has 122 valence electrons. The van der Waals surface area contributed by atoms with E-state index in [4.69, 9.17) is 9.84 Å². The Kier molecular flexibility index (Phi) is 3.76. The molecule has 2 N–H and O–H groups in total. The molecular weight excluding hydrogens is 294 g/mol. The summed E-state index contributed by atoms with van der Waals surface area (Å²) in [5.74, 6) is -1.89. The second-order valence-electron chi connectivity index (χ2n) is 6.45. The van der Waals surface area contributed by atoms with E-state index in [1.807, 2.05) is 0 Å². The van der Waals surface area contributed by atoms with Crippen LogP contribution in [0.25, 0.3) is 0 Å². The highest BCUT2D eigenvalue weighted by Crippen LogP contribution is 2.29. The fourth-order valence-electron chi connectivity index (χ4n) is 2.52. The summed E-state index contributed by atoms with van der Waals surface area (Å²) in [7, 11) is 0. The van der Waals surface area contributed by atoms with Crippen LogP contribution in [-0.4, -0.2) is 69.7 Å². The highest BCUT2D eigenvalue weighted by Gasteiger charge is 2.56. The van der Waals surface area contributed by atoms with Gasteiger partial charge in [-0.3, -0.25) is 14.5 Å². The van der Waals surface area contributed by atoms with Gasteiger partial charge in [0.15, 0.2) is 0 Å². The van der Waals surface area contributed by atoms with E-state index in [2.05, 4.69) is 5.32 Å². The second-order valence-corrected chi connectivity index (χ2v) is 6.45. The van der Waals surface area contributed by atoms with Gasteiger partial charge in [0.1, 0.15) is 17.7 Å². The molecule has 9 nitrogen and oxygen atoms in total. The van der Waals surface area contributed by atoms with E-state index in [-0.39, 0.29) is 19.5 Å². The third-order valence-electron chi connectivity index (χ3n) is 3.46. The van der Waals surface area contributed by atoms with Gasteiger partial charge in [-0.2, -0.15) is 0 Å². The lowest BCUT2D eigenvalue weighted by Gasteiger charge is -2.25. The van der Waals surface area contributed by atoms with Crippen LogP contribution in [0.4, 0.5) is 9.59 Å². The van der Waals surface area contributed by atoms with Gasteiger partial charge >= 0.3 is 18.1 Å². The number of carboxylic acids is 1. The van der Waals surface area contributed by atoms with Crippen molar-refractivity contribution in [3.8, 4) is 0 Å². The van der Waals surface area contributed by atoms with Crippen LogP contribution in [0.5, 0.6) is 0 Å². The minimum Gasteiger partial charge on any atom is -0.480 e. The van der Waals surface area contributed by atoms with Crippen molar-refractivity contribution < 1.29 is 29.0 Å². The number of nitrogens with one attached hydrogen (secondary N) is 1. The number of likely N-dealkylation sites (tertiary alicyclic amines) is 1. The number of carbonyl (C=O) groups excluding carboxylic acids is 3. The van der Waals surface area contributed by atoms with Crippen LogP contribution in [0.1, 0.15) is 27.2 Å². The van der Waals surface area contributed by atoms with E-state index in [0.717, 1.165) is 0 Å². The van der Waals surface area contributed by atoms with E-state index in [1.54, 1.807) is 20.8 Å². The van der Waals surface area contributed by atoms with Crippen molar-refractivity contribution in [2.24, 2.45) is 0 Å². The molecule has 0 aromatic heterocycles. The van der Waals surface area contributed by atoms with Gasteiger partial charge in [0.25, 0.3) is 5.91 Å². The number of amides is 4. The Labute approximate surface area is 127 Å². The Morgan fingerprint density at radius 2 is 2.00 bits per heavy atom. The molecular formula is C13H19N3O6. The van der Waals surface area contributed by atoms with Crippen molar-refractivity contribution in [2.75, 3.05) is 19.6 Å². The maximum Gasteiger partial charge on any atom is 0.410 e. The number of rotatable bonds is 2. The predicted octanol–water partition coefficient (Wildman–Crippen LogP) is 0.00240. The average Bonchev–Trinajstić information content (AvgIpc) is 2.86. The number of hydrogen-bond donors (Lipinski definition) is 2. The van der Waals surface area contributed by atoms with Crippen LogP contribution in [0, 0.1) is 0 Å². The molecule has 2 aliphatic rings. The van der Waals surface area contributed by atoms with Gasteiger partial charge in [-0.15, -0.1) is 0 Å². The molecule has 2 rings (SSSR count). The summed E-state index contributed by atoms with van der Waals surface area (Å²) >= 11 is 0. The highest BCUT2D eigenvalue weighted by atomic mass is 16.6. The fraction of sp³-hybridized carbons (Fsp3) is 0.692. The van der Waals surface area contributed by atoms with Crippen molar-refractivity contribution in [1.29, 1.82) is 0 Å². The van der Waals surface area contributed by atoms with Crippen molar-refractivity contribution in [3.05, 3.63) is 0 Å². The fourth-order valence-corrected chi connectivity index (χ4v) is 2.52. The minimum absolute atomic E-state index is 0.0252. The standard InChI is InChI=1S/C13H19N3O6/c1-12(2,3)22-11(21)15-5-4-13(7-15)9(19)16(6-8(17)18)10(20)14-13/h4-7H2,1-3H3,(H,14,20)(H,17,18). The lowest BCUT2D eigenvalue weighted by Crippen LogP contribution is -2.50. The molecule has 0 bridgehead atoms. The summed E-state index contributed by atoms with van der Waals surface area (Å²) in [6.45, 7) is 4.72. The van der Waals surface area contributed by atoms with E-state index in [1.165, 1.54) is 4.90 Å². The third-order valence-corrected chi connectivity index (χ3v) is 3.46. The molecule has 0 saturated carbocycles. The molecule has 1 unspecified atom stereocenters. The maximum absolute atomic E-state index is 12.3. The molecule has 0 aliphatic carbocycles. The first-order valence-corrected chi connectivity index (χ1v) is 6.88. The summed E-state index contributed by atoms with van der Waals surface area (Å²) in [5.41, 5.74) is -1.91. The molecule has 0 aromatic carbocycles. The van der Waals surface area contributed by atoms with E-state index in [0.29, 0.717) is 4.90 Å². The summed E-state index contributed by atoms with van der Waals surface area (Å²) < 4.78 is 5.23. The van der Waals surface area contributed by atoms with Crippen LogP contribution in [0.2, 0.25) is 0 Å². The van der Waals surface area contributed by atoms with Crippen LogP contribution in [-0.2, 0) is 14.3 Å². The van der Waals surface area contributed by atoms with Crippen LogP contribution < -0.4 is 5.32 Å². The van der Waals surface area contributed by atoms with Gasteiger partial charge < -0.3 is 20.1 Å². The molecule has 2 heterocycles. The molecule has 22 heavy (non-hydrogen) atoms. The molecule has 1 spiro atoms. The summed E-state index contributed by atoms with van der Waals surface area (Å²) in [6, 6.07) is -0.751. The normalized spacial score (nSPS) is 24.9. The number of nitrogens with zero attached hydrogens (tertiary/aromatic N) is 2. The number of hydrogen-bond acceptors (Lipinski definition) is 5. The smallest absolute Gasteiger partial charge is 0.410 e. The first-order valence-electron chi connectivity index (χ1n) is 6.88. The Hall–Kier alpha value is -2.32. The molecule has 4 amide bonds. The van der Waals surface area contributed by atoms with Gasteiger partial charge in [-0.05, 0) is 27.2 Å². The van der Waals surface area contributed by atoms with Crippen molar-refractivity contribution in [1.82, 2.24) is 15.1 Å². The number of urea groups is 1. The Bertz CT molecular complexity index is 540. The first kappa shape index (κ1) is 16.1. The van der Waals surface area contributed by atoms with Gasteiger partial charge in [-0.25, -0.2) is 9.59 Å². The maximum atomic E-state index is 12.3. The Morgan fingerprint density at radius 3 is 2.55 bits per heavy atom. The lowest BCUT2D eigenvalue weighted by atomic mass is 9.99. The molecule has 0 aromatic rings. The summed E-state index contributed by atoms with van der Waals surface area (Å²) in [4.78, 5) is 48.8. The number of imide groups is 1. The highest BCUT2D eigenvalue weighted by molar-refractivity contribution is 6.09. The summed E-state index contributed by atoms with van der Waals surface area (Å²) in [5, 5.41) is 11.3. The molecule has 0 radical (unpaired) electrons. The number of aliphatic carboxylic acids is 1. The quantitative estimate of drug-likeness (QED) is 0.693. The van der Waals surface area contributed by atoms with Crippen LogP contribution >= 0.6 is 0 Å². The van der Waals surface area contributed by atoms with Gasteiger partial charge in [0.05, 0.1) is 6.54 Å². The zero-order chi connectivity index (χ0) is 16.7. The molecule has 2 fully saturated rings. The van der Waals surface area contributed by atoms with Crippen molar-refractivity contribution in [3.63, 3.8) is 0 Å². The van der Waals surface area contributed by atoms with Crippen molar-refractivity contribution in [2.45, 2.75) is 38.3 Å². The van der Waals surface area contributed by atoms with Crippen molar-refractivity contribution >= 4 is 24.0 Å². The van der Waals surface area contributed by atoms with Crippen LogP contribution in [0.15, 0.2) is 0 Å². The molecule has 2 saturated heterocycles. The number of carbonyl (C=O) groups is 4. The zero-order valence-electron chi connectivity index (χ0n) is 12.7. The SMILES string of the molecule is CC(C)(C)OC(=O)N1CCC2(C1)NC(=O)N(CC(=O)O)C2=O. The average molecular weight is 313 g/mol. The third kappa shape index (κ3) is 2.97. The monoisotopic (exact) mass is 313 g/mol. The van der Waals surface area contributed by atoms with Gasteiger partial charge in [0, 0.05) is 6.54 Å². The van der Waals surface area contributed by atoms with Gasteiger partial charge in [0.2, 0.25) is 0 Å². The minimum atomic E-state index is -1.28. The number of carboxylic acid groups (broad SMARTS) is 1. The van der Waals surface area contributed by atoms with E-state index >= 15 is 0 Å². The molecule has 1 atom stereocenters. The Morgan fingerprint density at radius 1 is 1.36 bits per heavy atom. The van der Waals surface area contributed by atoms with Gasteiger partial charge in [-0.1, -0.05) is 0 Å². The first-order chi connectivity index (χ1) is 10.0. The lowest BCUT2D eigenvalue weighted by molar-refractivity contribution is -0.142. The molecule has 2 aliphatic heterocycles. The largest absolute Gasteiger partial charge is 0.480 e. The summed E-state index contributed by atoms with van der Waals surface area (Å²) in [6.07, 6.45) is -0.337. The zero-order valence-corrected chi connectivity index (χ0v) is 12.7. The van der Waals surface area contributed by atoms with E-state index < -0.39 is 41.7 Å². The van der Waals surface area contributed by atoms with E-state index in [9.17, 15) is 19.2 Å². The van der Waals surface area contributed by atoms with Crippen LogP contribution in [0.3, 0.4) is 0 Å².